The lowest BCUT2D eigenvalue weighted by molar-refractivity contribution is -0.0384. The summed E-state index contributed by atoms with van der Waals surface area (Å²) in [7, 11) is 0. The topological polar surface area (TPSA) is 55.5 Å². The summed E-state index contributed by atoms with van der Waals surface area (Å²) in [6, 6.07) is 12.7. The molecule has 1 aliphatic carbocycles. The molecule has 0 N–H and O–H groups in total. The third-order valence-corrected chi connectivity index (χ3v) is 5.45. The van der Waals surface area contributed by atoms with Crippen LogP contribution in [-0.4, -0.2) is 39.0 Å². The molecule has 6 heteroatoms. The fourth-order valence-corrected chi connectivity index (χ4v) is 3.83. The Balaban J connectivity index is 1.54. The molecule has 134 valence electrons. The number of nitrogens with zero attached hydrogens (tertiary/aromatic N) is 5. The molecule has 1 saturated heterocycles. The van der Waals surface area contributed by atoms with Crippen molar-refractivity contribution in [3.8, 4) is 0 Å². The summed E-state index contributed by atoms with van der Waals surface area (Å²) < 4.78 is 8.30. The Morgan fingerprint density at radius 3 is 2.77 bits per heavy atom. The second-order valence-electron chi connectivity index (χ2n) is 7.29. The third-order valence-electron chi connectivity index (χ3n) is 5.45. The molecule has 26 heavy (non-hydrogen) atoms. The van der Waals surface area contributed by atoms with E-state index in [0.29, 0.717) is 5.92 Å². The minimum absolute atomic E-state index is 0.0803. The molecule has 5 rings (SSSR count). The molecule has 0 spiro atoms. The minimum atomic E-state index is 0.0803. The number of fused-ring (bicyclic) bond motifs is 1. The van der Waals surface area contributed by atoms with E-state index >= 15 is 0 Å². The van der Waals surface area contributed by atoms with Gasteiger partial charge in [-0.05, 0) is 36.8 Å². The molecule has 3 aromatic rings. The van der Waals surface area contributed by atoms with Crippen molar-refractivity contribution in [2.24, 2.45) is 5.92 Å². The molecule has 2 aliphatic rings. The van der Waals surface area contributed by atoms with Gasteiger partial charge in [-0.15, -0.1) is 10.2 Å². The van der Waals surface area contributed by atoms with Crippen molar-refractivity contribution in [3.63, 3.8) is 0 Å². The molecule has 1 aliphatic heterocycles. The number of aromatic nitrogens is 4. The predicted octanol–water partition coefficient (Wildman–Crippen LogP) is 3.04. The zero-order valence-electron chi connectivity index (χ0n) is 15.0. The van der Waals surface area contributed by atoms with E-state index in [1.165, 1.54) is 18.4 Å². The average Bonchev–Trinajstić information content (AvgIpc) is 3.45. The van der Waals surface area contributed by atoms with Gasteiger partial charge in [-0.1, -0.05) is 37.3 Å². The molecule has 1 saturated carbocycles. The lowest BCUT2D eigenvalue weighted by atomic mass is 10.0. The maximum atomic E-state index is 6.50. The third kappa shape index (κ3) is 2.84. The monoisotopic (exact) mass is 349 g/mol. The molecule has 2 fully saturated rings. The summed E-state index contributed by atoms with van der Waals surface area (Å²) in [5.74, 6) is 0.686. The summed E-state index contributed by atoms with van der Waals surface area (Å²) in [5, 5.41) is 13.0. The van der Waals surface area contributed by atoms with Gasteiger partial charge in [0.25, 0.3) is 0 Å². The van der Waals surface area contributed by atoms with Crippen LogP contribution in [0.1, 0.15) is 37.1 Å². The Kier molecular flexibility index (Phi) is 3.85. The summed E-state index contributed by atoms with van der Waals surface area (Å²) in [6.07, 6.45) is 5.48. The van der Waals surface area contributed by atoms with E-state index in [-0.39, 0.29) is 12.2 Å². The molecular weight excluding hydrogens is 326 g/mol. The first-order valence-corrected chi connectivity index (χ1v) is 9.47. The SMILES string of the molecule is CCc1cc(N2C[C@@H](c3ccccc3)O[C@@H](C3CC3)C2)c2nncn2n1. The zero-order chi connectivity index (χ0) is 17.5. The Morgan fingerprint density at radius 1 is 1.15 bits per heavy atom. The van der Waals surface area contributed by atoms with Crippen molar-refractivity contribution in [1.82, 2.24) is 19.8 Å². The first-order valence-electron chi connectivity index (χ1n) is 9.47. The van der Waals surface area contributed by atoms with Gasteiger partial charge in [-0.25, -0.2) is 0 Å². The highest BCUT2D eigenvalue weighted by molar-refractivity contribution is 5.68. The zero-order valence-corrected chi connectivity index (χ0v) is 15.0. The van der Waals surface area contributed by atoms with Crippen LogP contribution in [0.2, 0.25) is 0 Å². The van der Waals surface area contributed by atoms with Crippen molar-refractivity contribution in [1.29, 1.82) is 0 Å². The number of ether oxygens (including phenoxy) is 1. The van der Waals surface area contributed by atoms with E-state index in [0.717, 1.165) is 36.5 Å². The van der Waals surface area contributed by atoms with Crippen LogP contribution in [0.25, 0.3) is 5.65 Å². The lowest BCUT2D eigenvalue weighted by Gasteiger charge is -2.40. The molecule has 2 aromatic heterocycles. The number of rotatable bonds is 4. The van der Waals surface area contributed by atoms with Crippen LogP contribution in [0, 0.1) is 5.92 Å². The van der Waals surface area contributed by atoms with Gasteiger partial charge in [-0.3, -0.25) is 0 Å². The maximum absolute atomic E-state index is 6.50. The van der Waals surface area contributed by atoms with Gasteiger partial charge >= 0.3 is 0 Å². The van der Waals surface area contributed by atoms with Crippen LogP contribution in [0.5, 0.6) is 0 Å². The van der Waals surface area contributed by atoms with Gasteiger partial charge in [0.1, 0.15) is 12.4 Å². The fraction of sp³-hybridized carbons (Fsp3) is 0.450. The molecular formula is C20H23N5O. The second-order valence-corrected chi connectivity index (χ2v) is 7.29. The number of anilines is 1. The van der Waals surface area contributed by atoms with E-state index in [2.05, 4.69) is 63.5 Å². The fourth-order valence-electron chi connectivity index (χ4n) is 3.83. The molecule has 0 bridgehead atoms. The Bertz CT molecular complexity index is 905. The molecule has 0 radical (unpaired) electrons. The molecule has 1 aromatic carbocycles. The number of hydrogen-bond donors (Lipinski definition) is 0. The quantitative estimate of drug-likeness (QED) is 0.725. The summed E-state index contributed by atoms with van der Waals surface area (Å²) in [5.41, 5.74) is 4.23. The van der Waals surface area contributed by atoms with Crippen molar-refractivity contribution < 1.29 is 4.74 Å². The highest BCUT2D eigenvalue weighted by Crippen LogP contribution is 2.40. The summed E-state index contributed by atoms with van der Waals surface area (Å²) in [6.45, 7) is 3.86. The number of aryl methyl sites for hydroxylation is 1. The van der Waals surface area contributed by atoms with Crippen LogP contribution in [0.3, 0.4) is 0 Å². The first kappa shape index (κ1) is 15.8. The predicted molar refractivity (Wildman–Crippen MR) is 99.2 cm³/mol. The van der Waals surface area contributed by atoms with E-state index in [9.17, 15) is 0 Å². The van der Waals surface area contributed by atoms with Gasteiger partial charge < -0.3 is 9.64 Å². The molecule has 3 heterocycles. The molecule has 0 amide bonds. The maximum Gasteiger partial charge on any atom is 0.200 e. The van der Waals surface area contributed by atoms with Crippen molar-refractivity contribution >= 4 is 11.3 Å². The van der Waals surface area contributed by atoms with Gasteiger partial charge in [0.05, 0.1) is 17.5 Å². The van der Waals surface area contributed by atoms with Gasteiger partial charge in [0.2, 0.25) is 5.65 Å². The van der Waals surface area contributed by atoms with E-state index < -0.39 is 0 Å². The van der Waals surface area contributed by atoms with Crippen LogP contribution in [-0.2, 0) is 11.2 Å². The first-order chi connectivity index (χ1) is 12.8. The van der Waals surface area contributed by atoms with Crippen molar-refractivity contribution in [2.75, 3.05) is 18.0 Å². The van der Waals surface area contributed by atoms with E-state index in [1.807, 2.05) is 0 Å². The molecule has 0 unspecified atom stereocenters. The molecule has 2 atom stereocenters. The van der Waals surface area contributed by atoms with Crippen LogP contribution < -0.4 is 4.90 Å². The smallest absolute Gasteiger partial charge is 0.200 e. The van der Waals surface area contributed by atoms with Crippen LogP contribution in [0.15, 0.2) is 42.7 Å². The standard InChI is InChI=1S/C20H23N5O/c1-2-16-10-17(20-22-21-13-25(20)23-16)24-11-18(14-6-4-3-5-7-14)26-19(12-24)15-8-9-15/h3-7,10,13,15,18-19H,2,8-9,11-12H2,1H3/t18-,19+/m0/s1. The van der Waals surface area contributed by atoms with Crippen LogP contribution in [0.4, 0.5) is 5.69 Å². The highest BCUT2D eigenvalue weighted by Gasteiger charge is 2.39. The largest absolute Gasteiger partial charge is 0.366 e. The van der Waals surface area contributed by atoms with Gasteiger partial charge in [0.15, 0.2) is 0 Å². The summed E-state index contributed by atoms with van der Waals surface area (Å²) in [4.78, 5) is 2.43. The second kappa shape index (κ2) is 6.36. The van der Waals surface area contributed by atoms with Crippen molar-refractivity contribution in [2.45, 2.75) is 38.4 Å². The van der Waals surface area contributed by atoms with Gasteiger partial charge in [0, 0.05) is 13.1 Å². The minimum Gasteiger partial charge on any atom is -0.366 e. The van der Waals surface area contributed by atoms with E-state index in [1.54, 1.807) is 10.8 Å². The van der Waals surface area contributed by atoms with E-state index in [4.69, 9.17) is 4.74 Å². The number of benzene rings is 1. The number of morpholine rings is 1. The summed E-state index contributed by atoms with van der Waals surface area (Å²) >= 11 is 0. The van der Waals surface area contributed by atoms with Gasteiger partial charge in [-0.2, -0.15) is 9.61 Å². The highest BCUT2D eigenvalue weighted by atomic mass is 16.5. The average molecular weight is 349 g/mol. The number of hydrogen-bond acceptors (Lipinski definition) is 5. The normalized spacial score (nSPS) is 23.5. The Hall–Kier alpha value is -2.47. The van der Waals surface area contributed by atoms with Crippen LogP contribution >= 0.6 is 0 Å². The Labute approximate surface area is 152 Å². The van der Waals surface area contributed by atoms with Crippen molar-refractivity contribution in [3.05, 3.63) is 54.0 Å². The Morgan fingerprint density at radius 2 is 2.00 bits per heavy atom. The molecule has 6 nitrogen and oxygen atoms in total. The lowest BCUT2D eigenvalue weighted by Crippen LogP contribution is -2.45.